The molecule has 0 aliphatic heterocycles. The molecular weight excluding hydrogens is 374 g/mol. The number of allylic oxidation sites excluding steroid dienone is 1. The number of benzene rings is 3. The third-order valence-electron chi connectivity index (χ3n) is 5.15. The van der Waals surface area contributed by atoms with E-state index in [9.17, 15) is 9.90 Å². The second kappa shape index (κ2) is 8.29. The normalized spacial score (nSPS) is 10.7. The first-order valence-corrected chi connectivity index (χ1v) is 9.81. The number of hydrogen-bond donors (Lipinski definition) is 1. The van der Waals surface area contributed by atoms with Crippen molar-refractivity contribution in [1.29, 1.82) is 0 Å². The summed E-state index contributed by atoms with van der Waals surface area (Å²) in [5, 5.41) is 11.3. The zero-order valence-corrected chi connectivity index (χ0v) is 17.0. The van der Waals surface area contributed by atoms with Crippen molar-refractivity contribution < 1.29 is 9.52 Å². The topological polar surface area (TPSA) is 53.7 Å². The Labute approximate surface area is 175 Å². The van der Waals surface area contributed by atoms with E-state index in [1.807, 2.05) is 91.8 Å². The Balaban J connectivity index is 1.79. The Morgan fingerprint density at radius 1 is 0.933 bits per heavy atom. The summed E-state index contributed by atoms with van der Waals surface area (Å²) >= 11 is 0. The van der Waals surface area contributed by atoms with Crippen LogP contribution in [-0.2, 0) is 6.42 Å². The van der Waals surface area contributed by atoms with Crippen LogP contribution in [0.3, 0.4) is 0 Å². The molecular formula is C26H23NO3. The third kappa shape index (κ3) is 3.85. The SMILES string of the molecule is CN(C)c1ccc2c(O)c(CC=C(c3ccccc3)c3ccccc3)c(=O)oc2c1. The highest BCUT2D eigenvalue weighted by Gasteiger charge is 2.15. The molecule has 4 heteroatoms. The van der Waals surface area contributed by atoms with Crippen LogP contribution in [0.4, 0.5) is 5.69 Å². The van der Waals surface area contributed by atoms with Crippen molar-refractivity contribution in [2.75, 3.05) is 19.0 Å². The quantitative estimate of drug-likeness (QED) is 0.468. The smallest absolute Gasteiger partial charge is 0.343 e. The highest BCUT2D eigenvalue weighted by molar-refractivity contribution is 5.87. The zero-order valence-electron chi connectivity index (χ0n) is 17.0. The van der Waals surface area contributed by atoms with E-state index in [2.05, 4.69) is 0 Å². The van der Waals surface area contributed by atoms with E-state index in [4.69, 9.17) is 4.42 Å². The van der Waals surface area contributed by atoms with Gasteiger partial charge in [0.1, 0.15) is 11.3 Å². The molecule has 4 nitrogen and oxygen atoms in total. The first-order valence-electron chi connectivity index (χ1n) is 9.81. The molecule has 0 unspecified atom stereocenters. The van der Waals surface area contributed by atoms with Gasteiger partial charge in [-0.05, 0) is 28.8 Å². The van der Waals surface area contributed by atoms with E-state index >= 15 is 0 Å². The monoisotopic (exact) mass is 397 g/mol. The number of hydrogen-bond acceptors (Lipinski definition) is 4. The van der Waals surface area contributed by atoms with Crippen LogP contribution >= 0.6 is 0 Å². The first-order chi connectivity index (χ1) is 14.5. The van der Waals surface area contributed by atoms with Crippen LogP contribution in [0, 0.1) is 0 Å². The summed E-state index contributed by atoms with van der Waals surface area (Å²) in [7, 11) is 3.82. The largest absolute Gasteiger partial charge is 0.507 e. The molecule has 3 aromatic carbocycles. The van der Waals surface area contributed by atoms with E-state index < -0.39 is 5.63 Å². The van der Waals surface area contributed by atoms with Crippen molar-refractivity contribution in [3.05, 3.63) is 112 Å². The van der Waals surface area contributed by atoms with Crippen molar-refractivity contribution in [1.82, 2.24) is 0 Å². The van der Waals surface area contributed by atoms with Crippen LogP contribution in [0.1, 0.15) is 16.7 Å². The molecule has 0 atom stereocenters. The summed E-state index contributed by atoms with van der Waals surface area (Å²) in [6.07, 6.45) is 2.23. The Bertz CT molecular complexity index is 1210. The highest BCUT2D eigenvalue weighted by atomic mass is 16.4. The third-order valence-corrected chi connectivity index (χ3v) is 5.15. The molecule has 30 heavy (non-hydrogen) atoms. The lowest BCUT2D eigenvalue weighted by Gasteiger charge is -2.13. The van der Waals surface area contributed by atoms with E-state index in [1.54, 1.807) is 12.1 Å². The van der Waals surface area contributed by atoms with E-state index in [0.717, 1.165) is 22.4 Å². The number of nitrogens with zero attached hydrogens (tertiary/aromatic N) is 1. The number of rotatable bonds is 5. The van der Waals surface area contributed by atoms with Crippen LogP contribution in [-0.4, -0.2) is 19.2 Å². The van der Waals surface area contributed by atoms with E-state index in [1.165, 1.54) is 0 Å². The lowest BCUT2D eigenvalue weighted by molar-refractivity contribution is 0.459. The lowest BCUT2D eigenvalue weighted by Crippen LogP contribution is -2.10. The maximum Gasteiger partial charge on any atom is 0.343 e. The van der Waals surface area contributed by atoms with Gasteiger partial charge in [0.2, 0.25) is 0 Å². The standard InChI is InChI=1S/C26H23NO3/c1-27(2)20-13-14-22-24(17-20)30-26(29)23(25(22)28)16-15-21(18-9-5-3-6-10-18)19-11-7-4-8-12-19/h3-15,17,28H,16H2,1-2H3. The minimum Gasteiger partial charge on any atom is -0.507 e. The number of anilines is 1. The molecule has 1 N–H and O–H groups in total. The summed E-state index contributed by atoms with van der Waals surface area (Å²) in [6.45, 7) is 0. The molecule has 4 rings (SSSR count). The summed E-state index contributed by atoms with van der Waals surface area (Å²) in [5.74, 6) is -0.0247. The summed E-state index contributed by atoms with van der Waals surface area (Å²) in [6, 6.07) is 25.4. The van der Waals surface area contributed by atoms with Crippen molar-refractivity contribution >= 4 is 22.2 Å². The summed E-state index contributed by atoms with van der Waals surface area (Å²) in [4.78, 5) is 14.6. The predicted molar refractivity (Wildman–Crippen MR) is 122 cm³/mol. The van der Waals surface area contributed by atoms with Gasteiger partial charge in [0.05, 0.1) is 10.9 Å². The molecule has 0 aliphatic carbocycles. The van der Waals surface area contributed by atoms with Crippen LogP contribution in [0.5, 0.6) is 5.75 Å². The van der Waals surface area contributed by atoms with E-state index in [0.29, 0.717) is 11.0 Å². The van der Waals surface area contributed by atoms with Gasteiger partial charge in [-0.25, -0.2) is 4.79 Å². The summed E-state index contributed by atoms with van der Waals surface area (Å²) < 4.78 is 5.54. The molecule has 0 bridgehead atoms. The molecule has 0 saturated carbocycles. The second-order valence-electron chi connectivity index (χ2n) is 7.35. The lowest BCUT2D eigenvalue weighted by atomic mass is 9.96. The average Bonchev–Trinajstić information content (AvgIpc) is 2.77. The number of aromatic hydroxyl groups is 1. The van der Waals surface area contributed by atoms with Crippen molar-refractivity contribution in [3.63, 3.8) is 0 Å². The molecule has 0 saturated heterocycles. The molecule has 0 radical (unpaired) electrons. The highest BCUT2D eigenvalue weighted by Crippen LogP contribution is 2.31. The van der Waals surface area contributed by atoms with E-state index in [-0.39, 0.29) is 17.7 Å². The van der Waals surface area contributed by atoms with Crippen LogP contribution in [0.25, 0.3) is 16.5 Å². The van der Waals surface area contributed by atoms with Crippen molar-refractivity contribution in [2.45, 2.75) is 6.42 Å². The predicted octanol–water partition coefficient (Wildman–Crippen LogP) is 5.24. The molecule has 1 aromatic heterocycles. The average molecular weight is 397 g/mol. The molecule has 4 aromatic rings. The van der Waals surface area contributed by atoms with Gasteiger partial charge in [0.25, 0.3) is 0 Å². The van der Waals surface area contributed by atoms with Crippen LogP contribution in [0.15, 0.2) is 94.2 Å². The van der Waals surface area contributed by atoms with Crippen LogP contribution in [0.2, 0.25) is 0 Å². The van der Waals surface area contributed by atoms with Gasteiger partial charge >= 0.3 is 5.63 Å². The minimum absolute atomic E-state index is 0.0247. The Morgan fingerprint density at radius 3 is 2.10 bits per heavy atom. The molecule has 0 aliphatic rings. The zero-order chi connectivity index (χ0) is 21.1. The number of fused-ring (bicyclic) bond motifs is 1. The maximum absolute atomic E-state index is 12.7. The fourth-order valence-corrected chi connectivity index (χ4v) is 3.51. The summed E-state index contributed by atoms with van der Waals surface area (Å²) in [5.41, 5.74) is 4.10. The van der Waals surface area contributed by atoms with Gasteiger partial charge in [0.15, 0.2) is 0 Å². The molecule has 150 valence electrons. The van der Waals surface area contributed by atoms with Gasteiger partial charge in [-0.2, -0.15) is 0 Å². The first kappa shape index (κ1) is 19.5. The molecule has 0 fully saturated rings. The maximum atomic E-state index is 12.7. The fraction of sp³-hybridized carbons (Fsp3) is 0.115. The van der Waals surface area contributed by atoms with Gasteiger partial charge in [0, 0.05) is 32.3 Å². The second-order valence-corrected chi connectivity index (χ2v) is 7.35. The Morgan fingerprint density at radius 2 is 1.53 bits per heavy atom. The van der Waals surface area contributed by atoms with Crippen molar-refractivity contribution in [2.24, 2.45) is 0 Å². The van der Waals surface area contributed by atoms with Gasteiger partial charge in [-0.15, -0.1) is 0 Å². The van der Waals surface area contributed by atoms with Gasteiger partial charge in [-0.3, -0.25) is 0 Å². The fourth-order valence-electron chi connectivity index (χ4n) is 3.51. The minimum atomic E-state index is -0.521. The molecule has 0 spiro atoms. The molecule has 1 heterocycles. The van der Waals surface area contributed by atoms with Crippen LogP contribution < -0.4 is 10.5 Å². The molecule has 0 amide bonds. The Kier molecular flexibility index (Phi) is 5.40. The van der Waals surface area contributed by atoms with Gasteiger partial charge in [-0.1, -0.05) is 66.7 Å². The van der Waals surface area contributed by atoms with Gasteiger partial charge < -0.3 is 14.4 Å². The van der Waals surface area contributed by atoms with Crippen molar-refractivity contribution in [3.8, 4) is 5.75 Å². The Hall–Kier alpha value is -3.79.